The van der Waals surface area contributed by atoms with E-state index in [4.69, 9.17) is 0 Å². The van der Waals surface area contributed by atoms with Gasteiger partial charge in [-0.25, -0.2) is 4.79 Å². The number of carbonyl (C=O) groups is 2. The fourth-order valence-corrected chi connectivity index (χ4v) is 3.76. The van der Waals surface area contributed by atoms with Gasteiger partial charge >= 0.3 is 6.03 Å². The molecule has 1 N–H and O–H groups in total. The minimum Gasteiger partial charge on any atom is -0.323 e. The zero-order valence-electron chi connectivity index (χ0n) is 11.8. The highest BCUT2D eigenvalue weighted by Gasteiger charge is 2.57. The maximum absolute atomic E-state index is 12.7. The van der Waals surface area contributed by atoms with Gasteiger partial charge in [0.15, 0.2) is 0 Å². The van der Waals surface area contributed by atoms with E-state index in [0.29, 0.717) is 6.54 Å². The molecule has 0 radical (unpaired) electrons. The lowest BCUT2D eigenvalue weighted by atomic mass is 9.67. The van der Waals surface area contributed by atoms with Crippen LogP contribution in [-0.2, 0) is 4.79 Å². The summed E-state index contributed by atoms with van der Waals surface area (Å²) in [6.07, 6.45) is 4.94. The first-order chi connectivity index (χ1) is 9.04. The van der Waals surface area contributed by atoms with E-state index >= 15 is 0 Å². The van der Waals surface area contributed by atoms with Gasteiger partial charge in [-0.1, -0.05) is 20.3 Å². The van der Waals surface area contributed by atoms with Gasteiger partial charge < -0.3 is 5.32 Å². The molecule has 2 aliphatic rings. The lowest BCUT2D eigenvalue weighted by Gasteiger charge is -2.42. The molecule has 1 aliphatic heterocycles. The van der Waals surface area contributed by atoms with Crippen molar-refractivity contribution in [3.05, 3.63) is 0 Å². The van der Waals surface area contributed by atoms with Crippen LogP contribution in [0.1, 0.15) is 46.0 Å². The number of rotatable bonds is 4. The van der Waals surface area contributed by atoms with Crippen LogP contribution in [0.2, 0.25) is 0 Å². The summed E-state index contributed by atoms with van der Waals surface area (Å²) in [5, 5.41) is 3.01. The number of thiol groups is 1. The third-order valence-corrected chi connectivity index (χ3v) is 5.09. The summed E-state index contributed by atoms with van der Waals surface area (Å²) < 4.78 is 0. The number of nitrogens with one attached hydrogen (secondary N) is 1. The van der Waals surface area contributed by atoms with Gasteiger partial charge in [-0.3, -0.25) is 9.69 Å². The molecule has 1 saturated heterocycles. The molecule has 0 aromatic rings. The van der Waals surface area contributed by atoms with Crippen molar-refractivity contribution in [2.24, 2.45) is 11.8 Å². The zero-order chi connectivity index (χ0) is 14.0. The summed E-state index contributed by atoms with van der Waals surface area (Å²) in [5.74, 6) is 1.24. The second-order valence-corrected chi connectivity index (χ2v) is 6.37. The normalized spacial score (nSPS) is 35.0. The van der Waals surface area contributed by atoms with Crippen LogP contribution in [0.3, 0.4) is 0 Å². The van der Waals surface area contributed by atoms with Gasteiger partial charge in [0.25, 0.3) is 5.91 Å². The number of hydrogen-bond donors (Lipinski definition) is 2. The average Bonchev–Trinajstić information content (AvgIpc) is 2.62. The Bertz CT molecular complexity index is 362. The van der Waals surface area contributed by atoms with Crippen LogP contribution in [0.4, 0.5) is 4.79 Å². The third kappa shape index (κ3) is 2.37. The Balaban J connectivity index is 2.15. The molecule has 0 bridgehead atoms. The number of amides is 3. The van der Waals surface area contributed by atoms with Gasteiger partial charge in [0.1, 0.15) is 5.54 Å². The Hall–Kier alpha value is -0.710. The maximum Gasteiger partial charge on any atom is 0.325 e. The Morgan fingerprint density at radius 2 is 1.89 bits per heavy atom. The van der Waals surface area contributed by atoms with E-state index in [9.17, 15) is 9.59 Å². The molecule has 108 valence electrons. The highest BCUT2D eigenvalue weighted by atomic mass is 32.1. The molecule has 1 spiro atoms. The van der Waals surface area contributed by atoms with Crippen molar-refractivity contribution < 1.29 is 9.59 Å². The number of hydrogen-bond acceptors (Lipinski definition) is 3. The molecule has 3 amide bonds. The second-order valence-electron chi connectivity index (χ2n) is 5.92. The van der Waals surface area contributed by atoms with E-state index in [1.54, 1.807) is 0 Å². The third-order valence-electron chi connectivity index (χ3n) is 4.78. The summed E-state index contributed by atoms with van der Waals surface area (Å²) in [7, 11) is 0. The average molecular weight is 284 g/mol. The summed E-state index contributed by atoms with van der Waals surface area (Å²) in [5.41, 5.74) is -0.643. The minimum absolute atomic E-state index is 0.00337. The molecule has 2 rings (SSSR count). The van der Waals surface area contributed by atoms with Crippen molar-refractivity contribution >= 4 is 24.6 Å². The topological polar surface area (TPSA) is 49.4 Å². The monoisotopic (exact) mass is 284 g/mol. The van der Waals surface area contributed by atoms with Gasteiger partial charge in [-0.2, -0.15) is 12.6 Å². The van der Waals surface area contributed by atoms with Gasteiger partial charge in [0.2, 0.25) is 0 Å². The van der Waals surface area contributed by atoms with Crippen molar-refractivity contribution in [1.82, 2.24) is 10.2 Å². The molecule has 5 heteroatoms. The largest absolute Gasteiger partial charge is 0.325 e. The minimum atomic E-state index is -0.643. The molecule has 2 atom stereocenters. The van der Waals surface area contributed by atoms with Gasteiger partial charge in [0, 0.05) is 6.54 Å². The lowest BCUT2D eigenvalue weighted by molar-refractivity contribution is -0.136. The van der Waals surface area contributed by atoms with Crippen molar-refractivity contribution in [2.45, 2.75) is 51.5 Å². The van der Waals surface area contributed by atoms with Crippen molar-refractivity contribution in [1.29, 1.82) is 0 Å². The number of nitrogens with zero attached hydrogens (tertiary/aromatic N) is 1. The van der Waals surface area contributed by atoms with Crippen LogP contribution >= 0.6 is 12.6 Å². The van der Waals surface area contributed by atoms with E-state index in [1.165, 1.54) is 4.90 Å². The standard InChI is InChI=1S/C14H24N2O2S/c1-10-6-5-7-11(2)14(10)12(17)16(13(18)15-14)8-3-4-9-19/h10-11,19H,3-9H2,1-2H3,(H,15,18). The van der Waals surface area contributed by atoms with E-state index in [0.717, 1.165) is 37.9 Å². The summed E-state index contributed by atoms with van der Waals surface area (Å²) >= 11 is 4.16. The predicted octanol–water partition coefficient (Wildman–Crippen LogP) is 2.44. The van der Waals surface area contributed by atoms with Crippen LogP contribution in [0.15, 0.2) is 0 Å². The fraction of sp³-hybridized carbons (Fsp3) is 0.857. The SMILES string of the molecule is CC1CCCC(C)C12NC(=O)N(CCCCS)C2=O. The van der Waals surface area contributed by atoms with Crippen LogP contribution in [0.25, 0.3) is 0 Å². The molecule has 4 nitrogen and oxygen atoms in total. The summed E-state index contributed by atoms with van der Waals surface area (Å²) in [4.78, 5) is 26.3. The van der Waals surface area contributed by atoms with E-state index < -0.39 is 5.54 Å². The molecular weight excluding hydrogens is 260 g/mol. The first kappa shape index (κ1) is 14.7. The number of imide groups is 1. The quantitative estimate of drug-likeness (QED) is 0.473. The number of carbonyl (C=O) groups excluding carboxylic acids is 2. The van der Waals surface area contributed by atoms with E-state index in [1.807, 2.05) is 0 Å². The Labute approximate surface area is 120 Å². The number of urea groups is 1. The molecule has 2 fully saturated rings. The molecule has 1 saturated carbocycles. The Morgan fingerprint density at radius 3 is 2.47 bits per heavy atom. The van der Waals surface area contributed by atoms with Gasteiger partial charge in [0.05, 0.1) is 0 Å². The maximum atomic E-state index is 12.7. The first-order valence-electron chi connectivity index (χ1n) is 7.29. The van der Waals surface area contributed by atoms with Crippen molar-refractivity contribution in [3.63, 3.8) is 0 Å². The van der Waals surface area contributed by atoms with Crippen LogP contribution in [-0.4, -0.2) is 34.7 Å². The molecule has 1 aliphatic carbocycles. The molecular formula is C14H24N2O2S. The predicted molar refractivity (Wildman–Crippen MR) is 78.2 cm³/mol. The van der Waals surface area contributed by atoms with Crippen LogP contribution in [0.5, 0.6) is 0 Å². The van der Waals surface area contributed by atoms with Crippen LogP contribution < -0.4 is 5.32 Å². The van der Waals surface area contributed by atoms with E-state index in [-0.39, 0.29) is 23.8 Å². The zero-order valence-corrected chi connectivity index (χ0v) is 12.7. The Kier molecular flexibility index (Phi) is 4.43. The second kappa shape index (κ2) is 5.73. The molecule has 2 unspecified atom stereocenters. The highest BCUT2D eigenvalue weighted by molar-refractivity contribution is 7.80. The van der Waals surface area contributed by atoms with Crippen molar-refractivity contribution in [2.75, 3.05) is 12.3 Å². The summed E-state index contributed by atoms with van der Waals surface area (Å²) in [6.45, 7) is 4.70. The Morgan fingerprint density at radius 1 is 1.26 bits per heavy atom. The first-order valence-corrected chi connectivity index (χ1v) is 7.92. The molecule has 1 heterocycles. The summed E-state index contributed by atoms with van der Waals surface area (Å²) in [6, 6.07) is -0.204. The number of unbranched alkanes of at least 4 members (excludes halogenated alkanes) is 1. The van der Waals surface area contributed by atoms with Gasteiger partial charge in [-0.05, 0) is 43.3 Å². The lowest BCUT2D eigenvalue weighted by Crippen LogP contribution is -2.58. The highest BCUT2D eigenvalue weighted by Crippen LogP contribution is 2.42. The molecule has 0 aromatic carbocycles. The van der Waals surface area contributed by atoms with Crippen molar-refractivity contribution in [3.8, 4) is 0 Å². The van der Waals surface area contributed by atoms with Gasteiger partial charge in [-0.15, -0.1) is 0 Å². The van der Waals surface area contributed by atoms with Crippen LogP contribution in [0, 0.1) is 11.8 Å². The molecule has 19 heavy (non-hydrogen) atoms. The molecule has 0 aromatic heterocycles. The van der Waals surface area contributed by atoms with E-state index in [2.05, 4.69) is 31.8 Å². The fourth-order valence-electron chi connectivity index (χ4n) is 3.54. The smallest absolute Gasteiger partial charge is 0.323 e.